The molecule has 50 heavy (non-hydrogen) atoms. The number of carbonyl (C=O) groups is 2. The maximum absolute atomic E-state index is 14.8. The first-order valence-corrected chi connectivity index (χ1v) is 14.9. The second-order valence-electron chi connectivity index (χ2n) is 10.7. The average molecular weight is 833 g/mol. The van der Waals surface area contributed by atoms with Crippen LogP contribution in [0.3, 0.4) is 0 Å². The smallest absolute Gasteiger partial charge is 0.475 e. The van der Waals surface area contributed by atoms with Crippen LogP contribution in [0.4, 0.5) is 56.7 Å². The second kappa shape index (κ2) is 13.5. The normalized spacial score (nSPS) is 13.4. The number of aryl methyl sites for hydroxylation is 1. The van der Waals surface area contributed by atoms with Crippen LogP contribution in [0.5, 0.6) is 0 Å². The molecule has 5 rings (SSSR count). The van der Waals surface area contributed by atoms with E-state index in [4.69, 9.17) is 9.90 Å². The number of pyridine rings is 1. The van der Waals surface area contributed by atoms with Gasteiger partial charge in [0.25, 0.3) is 11.1 Å². The number of carbonyl (C=O) groups excluding carboxylic acids is 1. The van der Waals surface area contributed by atoms with Crippen LogP contribution in [-0.2, 0) is 16.6 Å². The van der Waals surface area contributed by atoms with E-state index in [9.17, 15) is 58.7 Å². The van der Waals surface area contributed by atoms with Crippen LogP contribution < -0.4 is 27.4 Å². The molecule has 21 heteroatoms. The molecule has 0 atom stereocenters. The third-order valence-electron chi connectivity index (χ3n) is 7.19. The molecule has 0 radical (unpaired) electrons. The molecule has 1 saturated carbocycles. The van der Waals surface area contributed by atoms with Gasteiger partial charge in [0.2, 0.25) is 0 Å². The molecule has 2 aromatic carbocycles. The highest BCUT2D eigenvalue weighted by atomic mass is 127. The van der Waals surface area contributed by atoms with E-state index in [0.29, 0.717) is 16.4 Å². The first kappa shape index (κ1) is 38.0. The van der Waals surface area contributed by atoms with Crippen molar-refractivity contribution in [3.8, 4) is 5.69 Å². The van der Waals surface area contributed by atoms with E-state index in [1.165, 1.54) is 43.6 Å². The first-order valence-electron chi connectivity index (χ1n) is 13.8. The zero-order valence-electron chi connectivity index (χ0n) is 25.1. The van der Waals surface area contributed by atoms with Crippen LogP contribution in [-0.4, -0.2) is 49.0 Å². The molecule has 0 aliphatic heterocycles. The number of fused-ring (bicyclic) bond motifs is 1. The van der Waals surface area contributed by atoms with Crippen LogP contribution in [0.25, 0.3) is 16.6 Å². The van der Waals surface area contributed by atoms with Crippen LogP contribution in [0.15, 0.2) is 56.8 Å². The molecule has 11 nitrogen and oxygen atoms in total. The minimum atomic E-state index is -6.15. The Hall–Kier alpha value is -4.83. The predicted molar refractivity (Wildman–Crippen MR) is 168 cm³/mol. The number of carboxylic acids is 1. The number of nitrogens with zero attached hydrogens (tertiary/aromatic N) is 3. The summed E-state index contributed by atoms with van der Waals surface area (Å²) < 4.78 is 116. The van der Waals surface area contributed by atoms with Crippen molar-refractivity contribution in [3.63, 3.8) is 0 Å². The van der Waals surface area contributed by atoms with Gasteiger partial charge < -0.3 is 15.7 Å². The monoisotopic (exact) mass is 833 g/mol. The van der Waals surface area contributed by atoms with E-state index >= 15 is 0 Å². The third-order valence-corrected chi connectivity index (χ3v) is 7.86. The quantitative estimate of drug-likeness (QED) is 0.166. The molecule has 1 fully saturated rings. The zero-order chi connectivity index (χ0) is 37.7. The van der Waals surface area contributed by atoms with Gasteiger partial charge in [-0.1, -0.05) is 6.07 Å². The number of benzene rings is 2. The van der Waals surface area contributed by atoms with Crippen molar-refractivity contribution >= 4 is 62.6 Å². The largest absolute Gasteiger partial charge is 0.490 e. The fourth-order valence-electron chi connectivity index (χ4n) is 4.63. The number of hydrogen-bond acceptors (Lipinski definition) is 6. The molecule has 4 aromatic rings. The molecule has 3 N–H and O–H groups in total. The lowest BCUT2D eigenvalue weighted by atomic mass is 10.1. The Bertz CT molecular complexity index is 2210. The van der Waals surface area contributed by atoms with E-state index in [-0.39, 0.29) is 33.7 Å². The van der Waals surface area contributed by atoms with Gasteiger partial charge in [-0.3, -0.25) is 28.1 Å². The topological polar surface area (TPSA) is 144 Å². The molecule has 0 unspecified atom stereocenters. The van der Waals surface area contributed by atoms with E-state index < -0.39 is 64.5 Å². The number of rotatable bonds is 6. The Morgan fingerprint density at radius 1 is 0.940 bits per heavy atom. The second-order valence-corrected chi connectivity index (χ2v) is 12.0. The summed E-state index contributed by atoms with van der Waals surface area (Å²) in [5, 5.41) is 11.2. The highest BCUT2D eigenvalue weighted by Gasteiger charge is 2.63. The molecule has 0 saturated heterocycles. The highest BCUT2D eigenvalue weighted by molar-refractivity contribution is 14.1. The van der Waals surface area contributed by atoms with Gasteiger partial charge in [0.15, 0.2) is 0 Å². The molecular formula is C29H21F9IN5O6. The van der Waals surface area contributed by atoms with Gasteiger partial charge in [-0.15, -0.1) is 0 Å². The van der Waals surface area contributed by atoms with E-state index in [1.54, 1.807) is 6.07 Å². The minimum Gasteiger partial charge on any atom is -0.475 e. The van der Waals surface area contributed by atoms with Crippen LogP contribution in [0.1, 0.15) is 24.4 Å². The lowest BCUT2D eigenvalue weighted by Gasteiger charge is -2.21. The molecule has 2 heterocycles. The maximum atomic E-state index is 14.8. The summed E-state index contributed by atoms with van der Waals surface area (Å²) in [4.78, 5) is 61.7. The third kappa shape index (κ3) is 7.35. The summed E-state index contributed by atoms with van der Waals surface area (Å²) in [5.41, 5.74) is -3.39. The first-order chi connectivity index (χ1) is 23.0. The Labute approximate surface area is 286 Å². The van der Waals surface area contributed by atoms with Crippen molar-refractivity contribution in [3.05, 3.63) is 88.6 Å². The molecule has 1 aliphatic carbocycles. The number of amides is 1. The van der Waals surface area contributed by atoms with Crippen LogP contribution in [0.2, 0.25) is 0 Å². The van der Waals surface area contributed by atoms with Crippen LogP contribution in [0, 0.1) is 16.3 Å². The number of hydrogen-bond donors (Lipinski definition) is 3. The fraction of sp³-hybridized carbons (Fsp3) is 0.276. The van der Waals surface area contributed by atoms with Gasteiger partial charge in [0, 0.05) is 27.9 Å². The summed E-state index contributed by atoms with van der Waals surface area (Å²) in [7, 11) is 1.34. The highest BCUT2D eigenvalue weighted by Crippen LogP contribution is 2.37. The van der Waals surface area contributed by atoms with Crippen molar-refractivity contribution < 1.29 is 54.2 Å². The molecule has 0 bridgehead atoms. The Kier molecular flexibility index (Phi) is 10.2. The Balaban J connectivity index is 0.000000727. The van der Waals surface area contributed by atoms with Gasteiger partial charge in [0.1, 0.15) is 17.0 Å². The summed E-state index contributed by atoms with van der Waals surface area (Å²) in [5.74, 6) is -11.9. The fourth-order valence-corrected chi connectivity index (χ4v) is 5.09. The number of anilines is 3. The van der Waals surface area contributed by atoms with Crippen molar-refractivity contribution in [2.24, 2.45) is 7.05 Å². The average Bonchev–Trinajstić information content (AvgIpc) is 3.84. The van der Waals surface area contributed by atoms with Crippen LogP contribution >= 0.6 is 22.6 Å². The van der Waals surface area contributed by atoms with E-state index in [2.05, 4.69) is 5.32 Å². The van der Waals surface area contributed by atoms with Gasteiger partial charge in [-0.05, 0) is 78.8 Å². The molecule has 0 spiro atoms. The number of carboxylic acid groups (broad SMARTS) is 1. The predicted octanol–water partition coefficient (Wildman–Crippen LogP) is 5.75. The molecular weight excluding hydrogens is 812 g/mol. The van der Waals surface area contributed by atoms with Crippen molar-refractivity contribution in [2.45, 2.75) is 44.1 Å². The summed E-state index contributed by atoms with van der Waals surface area (Å²) in [6, 6.07) is 8.13. The summed E-state index contributed by atoms with van der Waals surface area (Å²) in [6.45, 7) is 1.34. The lowest BCUT2D eigenvalue weighted by molar-refractivity contribution is -0.267. The maximum Gasteiger partial charge on any atom is 0.490 e. The minimum absolute atomic E-state index is 0.0778. The standard InChI is InChI=1S/C27H20F6IN5O4.C2HF3O2/c1-12-20-19(21(37(2)22(12)40)36-18-9-6-13(34)10-17(18)28)23(41)39(15-7-8-15)25(43)38(20)16-5-3-4-14(11-16)35-24(42)26(29,30)27(31,32)33;3-2(4,5)1(6)7/h3-6,9-11,15,36H,7-8H2,1-2H3,(H,35,42);(H,6,7). The lowest BCUT2D eigenvalue weighted by Crippen LogP contribution is -2.47. The van der Waals surface area contributed by atoms with E-state index in [0.717, 1.165) is 25.8 Å². The molecule has 1 aliphatic rings. The van der Waals surface area contributed by atoms with Crippen molar-refractivity contribution in [2.75, 3.05) is 10.6 Å². The zero-order valence-corrected chi connectivity index (χ0v) is 27.3. The summed E-state index contributed by atoms with van der Waals surface area (Å²) >= 11 is 1.90. The number of halogens is 10. The number of aliphatic carboxylic acids is 1. The van der Waals surface area contributed by atoms with Gasteiger partial charge in [0.05, 0.1) is 16.9 Å². The number of aromatic nitrogens is 3. The van der Waals surface area contributed by atoms with Gasteiger partial charge in [-0.25, -0.2) is 14.0 Å². The SMILES string of the molecule is Cc1c(=O)n(C)c(Nc2ccc(I)cc2F)c2c(=O)n(C3CC3)c(=O)n(-c3cccc(NC(=O)C(F)(F)C(F)(F)F)c3)c12.O=C(O)C(F)(F)F. The Morgan fingerprint density at radius 3 is 2.06 bits per heavy atom. The Morgan fingerprint density at radius 2 is 1.54 bits per heavy atom. The number of alkyl halides is 8. The van der Waals surface area contributed by atoms with Crippen molar-refractivity contribution in [1.29, 1.82) is 0 Å². The molecule has 2 aromatic heterocycles. The summed E-state index contributed by atoms with van der Waals surface area (Å²) in [6.07, 6.45) is -10.3. The molecule has 1 amide bonds. The molecule has 268 valence electrons. The number of nitrogens with one attached hydrogen (secondary N) is 2. The van der Waals surface area contributed by atoms with Gasteiger partial charge in [-0.2, -0.15) is 35.1 Å². The van der Waals surface area contributed by atoms with Gasteiger partial charge >= 0.3 is 35.8 Å². The van der Waals surface area contributed by atoms with Crippen molar-refractivity contribution in [1.82, 2.24) is 13.7 Å². The van der Waals surface area contributed by atoms with E-state index in [1.807, 2.05) is 22.6 Å².